The molecule has 0 aliphatic carbocycles. The third-order valence-electron chi connectivity index (χ3n) is 2.16. The number of benzene rings is 1. The molecule has 0 aliphatic rings. The van der Waals surface area contributed by atoms with Crippen LogP contribution in [0.15, 0.2) is 30.6 Å². The van der Waals surface area contributed by atoms with Crippen molar-refractivity contribution in [2.75, 3.05) is 5.73 Å². The van der Waals surface area contributed by atoms with Gasteiger partial charge < -0.3 is 5.73 Å². The second-order valence-corrected chi connectivity index (χ2v) is 3.81. The maximum atomic E-state index is 12.6. The number of alkyl halides is 3. The number of rotatable bonds is 1. The van der Waals surface area contributed by atoms with Gasteiger partial charge in [0.15, 0.2) is 0 Å². The molecule has 0 aliphatic heterocycles. The van der Waals surface area contributed by atoms with Crippen LogP contribution < -0.4 is 5.73 Å². The number of nitrogens with two attached hydrogens (primary N) is 1. The fourth-order valence-corrected chi connectivity index (χ4v) is 1.51. The molecule has 1 aromatic heterocycles. The molecule has 2 aromatic rings. The average Bonchev–Trinajstić information content (AvgIpc) is 2.64. The van der Waals surface area contributed by atoms with Crippen LogP contribution in [0.2, 0.25) is 5.02 Å². The molecule has 0 fully saturated rings. The lowest BCUT2D eigenvalue weighted by Gasteiger charge is -2.11. The lowest BCUT2D eigenvalue weighted by atomic mass is 10.1. The lowest BCUT2D eigenvalue weighted by Crippen LogP contribution is -2.10. The Labute approximate surface area is 99.6 Å². The van der Waals surface area contributed by atoms with Gasteiger partial charge in [0, 0.05) is 11.9 Å². The van der Waals surface area contributed by atoms with E-state index in [1.165, 1.54) is 29.2 Å². The maximum absolute atomic E-state index is 12.6. The molecule has 0 bridgehead atoms. The minimum Gasteiger partial charge on any atom is -0.398 e. The van der Waals surface area contributed by atoms with Crippen LogP contribution in [-0.2, 0) is 6.18 Å². The van der Waals surface area contributed by atoms with Gasteiger partial charge in [-0.2, -0.15) is 18.3 Å². The highest BCUT2D eigenvalue weighted by molar-refractivity contribution is 6.30. The van der Waals surface area contributed by atoms with Gasteiger partial charge in [-0.15, -0.1) is 0 Å². The zero-order valence-corrected chi connectivity index (χ0v) is 9.13. The Kier molecular flexibility index (Phi) is 2.74. The van der Waals surface area contributed by atoms with Gasteiger partial charge in [-0.25, -0.2) is 4.68 Å². The van der Waals surface area contributed by atoms with Crippen LogP contribution in [0.25, 0.3) is 5.69 Å². The van der Waals surface area contributed by atoms with Gasteiger partial charge in [0.1, 0.15) is 0 Å². The van der Waals surface area contributed by atoms with Gasteiger partial charge >= 0.3 is 6.18 Å². The van der Waals surface area contributed by atoms with Crippen molar-refractivity contribution in [3.8, 4) is 5.69 Å². The van der Waals surface area contributed by atoms with E-state index in [1.807, 2.05) is 0 Å². The summed E-state index contributed by atoms with van der Waals surface area (Å²) in [6.07, 6.45) is -1.74. The van der Waals surface area contributed by atoms with Crippen molar-refractivity contribution in [2.24, 2.45) is 0 Å². The predicted molar refractivity (Wildman–Crippen MR) is 58.0 cm³/mol. The van der Waals surface area contributed by atoms with E-state index < -0.39 is 11.7 Å². The summed E-state index contributed by atoms with van der Waals surface area (Å²) in [7, 11) is 0. The van der Waals surface area contributed by atoms with Crippen LogP contribution in [0.3, 0.4) is 0 Å². The van der Waals surface area contributed by atoms with Crippen molar-refractivity contribution < 1.29 is 13.2 Å². The minimum atomic E-state index is -4.49. The van der Waals surface area contributed by atoms with E-state index in [2.05, 4.69) is 5.10 Å². The highest BCUT2D eigenvalue weighted by atomic mass is 35.5. The molecule has 0 radical (unpaired) electrons. The van der Waals surface area contributed by atoms with E-state index in [-0.39, 0.29) is 11.4 Å². The standard InChI is InChI=1S/C10H7ClF3N3/c11-6-4-16-17(5-6)7-1-2-9(15)8(3-7)10(12,13)14/h1-5H,15H2. The molecule has 1 heterocycles. The Morgan fingerprint density at radius 3 is 2.53 bits per heavy atom. The van der Waals surface area contributed by atoms with E-state index in [0.717, 1.165) is 6.07 Å². The molecule has 2 N–H and O–H groups in total. The molecule has 1 aromatic carbocycles. The normalized spacial score (nSPS) is 11.8. The van der Waals surface area contributed by atoms with Crippen LogP contribution in [0.5, 0.6) is 0 Å². The summed E-state index contributed by atoms with van der Waals surface area (Å²) in [5.74, 6) is 0. The number of hydrogen-bond donors (Lipinski definition) is 1. The monoisotopic (exact) mass is 261 g/mol. The fourth-order valence-electron chi connectivity index (χ4n) is 1.37. The van der Waals surface area contributed by atoms with Crippen molar-refractivity contribution in [1.29, 1.82) is 0 Å². The summed E-state index contributed by atoms with van der Waals surface area (Å²) in [5.41, 5.74) is 4.32. The van der Waals surface area contributed by atoms with Gasteiger partial charge in [0.2, 0.25) is 0 Å². The minimum absolute atomic E-state index is 0.249. The van der Waals surface area contributed by atoms with Crippen molar-refractivity contribution in [3.63, 3.8) is 0 Å². The Morgan fingerprint density at radius 1 is 1.29 bits per heavy atom. The van der Waals surface area contributed by atoms with E-state index in [1.54, 1.807) is 0 Å². The molecule has 0 saturated heterocycles. The maximum Gasteiger partial charge on any atom is 0.418 e. The average molecular weight is 262 g/mol. The van der Waals surface area contributed by atoms with Crippen molar-refractivity contribution >= 4 is 17.3 Å². The first-order chi connectivity index (χ1) is 7.88. The van der Waals surface area contributed by atoms with Crippen LogP contribution in [0, 0.1) is 0 Å². The highest BCUT2D eigenvalue weighted by Gasteiger charge is 2.33. The number of nitrogen functional groups attached to an aromatic ring is 1. The number of hydrogen-bond acceptors (Lipinski definition) is 2. The van der Waals surface area contributed by atoms with Crippen LogP contribution in [-0.4, -0.2) is 9.78 Å². The Hall–Kier alpha value is -1.69. The van der Waals surface area contributed by atoms with Crippen molar-refractivity contribution in [2.45, 2.75) is 6.18 Å². The zero-order chi connectivity index (χ0) is 12.6. The molecule has 17 heavy (non-hydrogen) atoms. The van der Waals surface area contributed by atoms with E-state index in [0.29, 0.717) is 5.02 Å². The molecular weight excluding hydrogens is 255 g/mol. The quantitative estimate of drug-likeness (QED) is 0.802. The van der Waals surface area contributed by atoms with E-state index in [4.69, 9.17) is 17.3 Å². The number of halogens is 4. The molecule has 0 atom stereocenters. The molecule has 3 nitrogen and oxygen atoms in total. The largest absolute Gasteiger partial charge is 0.418 e. The molecule has 0 saturated carbocycles. The van der Waals surface area contributed by atoms with Crippen LogP contribution >= 0.6 is 11.6 Å². The summed E-state index contributed by atoms with van der Waals surface area (Å²) in [6.45, 7) is 0. The third-order valence-corrected chi connectivity index (χ3v) is 2.35. The Balaban J connectivity index is 2.51. The topological polar surface area (TPSA) is 43.8 Å². The Bertz CT molecular complexity index is 548. The fraction of sp³-hybridized carbons (Fsp3) is 0.100. The summed E-state index contributed by atoms with van der Waals surface area (Å²) in [5, 5.41) is 4.16. The first kappa shape index (κ1) is 11.8. The SMILES string of the molecule is Nc1ccc(-n2cc(Cl)cn2)cc1C(F)(F)F. The molecule has 90 valence electrons. The second kappa shape index (κ2) is 3.96. The zero-order valence-electron chi connectivity index (χ0n) is 8.37. The molecule has 0 amide bonds. The summed E-state index contributed by atoms with van der Waals surface area (Å²) in [4.78, 5) is 0. The predicted octanol–water partition coefficient (Wildman–Crippen LogP) is 3.13. The molecule has 0 spiro atoms. The molecule has 2 rings (SSSR count). The summed E-state index contributed by atoms with van der Waals surface area (Å²) in [6, 6.07) is 3.56. The van der Waals surface area contributed by atoms with E-state index >= 15 is 0 Å². The third kappa shape index (κ3) is 2.36. The van der Waals surface area contributed by atoms with Crippen LogP contribution in [0.1, 0.15) is 5.56 Å². The summed E-state index contributed by atoms with van der Waals surface area (Å²) < 4.78 is 39.1. The number of anilines is 1. The van der Waals surface area contributed by atoms with Gasteiger partial charge in [-0.1, -0.05) is 11.6 Å². The van der Waals surface area contributed by atoms with Crippen molar-refractivity contribution in [3.05, 3.63) is 41.2 Å². The van der Waals surface area contributed by atoms with Gasteiger partial charge in [0.25, 0.3) is 0 Å². The molecule has 0 unspecified atom stereocenters. The van der Waals surface area contributed by atoms with Crippen molar-refractivity contribution in [1.82, 2.24) is 9.78 Å². The smallest absolute Gasteiger partial charge is 0.398 e. The highest BCUT2D eigenvalue weighted by Crippen LogP contribution is 2.34. The Morgan fingerprint density at radius 2 is 2.00 bits per heavy atom. The van der Waals surface area contributed by atoms with Gasteiger partial charge in [-0.05, 0) is 18.2 Å². The summed E-state index contributed by atoms with van der Waals surface area (Å²) >= 11 is 5.64. The second-order valence-electron chi connectivity index (χ2n) is 3.37. The first-order valence-corrected chi connectivity index (χ1v) is 4.93. The van der Waals surface area contributed by atoms with Gasteiger partial charge in [-0.3, -0.25) is 0 Å². The number of nitrogens with zero attached hydrogens (tertiary/aromatic N) is 2. The number of aromatic nitrogens is 2. The molecular formula is C10H7ClF3N3. The lowest BCUT2D eigenvalue weighted by molar-refractivity contribution is -0.136. The van der Waals surface area contributed by atoms with E-state index in [9.17, 15) is 13.2 Å². The van der Waals surface area contributed by atoms with Crippen LogP contribution in [0.4, 0.5) is 18.9 Å². The molecule has 7 heteroatoms. The van der Waals surface area contributed by atoms with Gasteiger partial charge in [0.05, 0.1) is 22.5 Å². The first-order valence-electron chi connectivity index (χ1n) is 4.55.